The molecule has 0 saturated carbocycles. The average molecular weight is 291 g/mol. The Bertz CT molecular complexity index is 474. The summed E-state index contributed by atoms with van der Waals surface area (Å²) in [5.41, 5.74) is 4.93. The Hall–Kier alpha value is -1.60. The fourth-order valence-corrected chi connectivity index (χ4v) is 2.27. The first-order valence-electron chi connectivity index (χ1n) is 4.96. The molecule has 0 saturated heterocycles. The van der Waals surface area contributed by atoms with Crippen molar-refractivity contribution in [3.05, 3.63) is 21.3 Å². The van der Waals surface area contributed by atoms with Crippen molar-refractivity contribution in [2.75, 3.05) is 0 Å². The minimum Gasteiger partial charge on any atom is -0.480 e. The van der Waals surface area contributed by atoms with E-state index in [0.717, 1.165) is 11.3 Å². The van der Waals surface area contributed by atoms with E-state index >= 15 is 0 Å². The number of rotatable bonds is 6. The second-order valence-corrected chi connectivity index (χ2v) is 4.79. The molecule has 0 spiro atoms. The number of nitrogens with one attached hydrogen (secondary N) is 1. The van der Waals surface area contributed by atoms with E-state index < -0.39 is 23.8 Å². The predicted octanol–water partition coefficient (Wildman–Crippen LogP) is 0.850. The van der Waals surface area contributed by atoms with Crippen molar-refractivity contribution < 1.29 is 19.5 Å². The molecule has 0 fully saturated rings. The monoisotopic (exact) mass is 290 g/mol. The van der Waals surface area contributed by atoms with Crippen LogP contribution in [0.2, 0.25) is 5.02 Å². The quantitative estimate of drug-likeness (QED) is 0.721. The van der Waals surface area contributed by atoms with Crippen molar-refractivity contribution in [3.8, 4) is 0 Å². The van der Waals surface area contributed by atoms with Gasteiger partial charge in [-0.1, -0.05) is 11.6 Å². The van der Waals surface area contributed by atoms with Gasteiger partial charge in [-0.25, -0.2) is 4.79 Å². The van der Waals surface area contributed by atoms with E-state index in [1.165, 1.54) is 0 Å². The van der Waals surface area contributed by atoms with Crippen LogP contribution in [0.3, 0.4) is 0 Å². The number of nitrogens with two attached hydrogens (primary N) is 1. The summed E-state index contributed by atoms with van der Waals surface area (Å²) in [4.78, 5) is 33.5. The summed E-state index contributed by atoms with van der Waals surface area (Å²) in [6, 6.07) is 0.378. The fraction of sp³-hybridized carbons (Fsp3) is 0.300. The Morgan fingerprint density at radius 3 is 2.61 bits per heavy atom. The van der Waals surface area contributed by atoms with Crippen molar-refractivity contribution in [2.45, 2.75) is 18.9 Å². The number of carbonyl (C=O) groups is 3. The standard InChI is InChI=1S/C10H11ClN2O4S/c11-5-3-4-18-8(5)9(15)13-6(10(16)17)1-2-7(12)14/h3-4,6H,1-2H2,(H2,12,14)(H,13,15)(H,16,17)/t6-/m0/s1. The molecule has 0 aliphatic carbocycles. The molecule has 1 atom stereocenters. The Kier molecular flexibility index (Phi) is 5.11. The van der Waals surface area contributed by atoms with Gasteiger partial charge in [0.15, 0.2) is 0 Å². The highest BCUT2D eigenvalue weighted by Gasteiger charge is 2.22. The van der Waals surface area contributed by atoms with Crippen molar-refractivity contribution in [1.29, 1.82) is 0 Å². The minimum absolute atomic E-state index is 0.0561. The van der Waals surface area contributed by atoms with Gasteiger partial charge in [0.25, 0.3) is 5.91 Å². The first-order chi connectivity index (χ1) is 8.41. The normalized spacial score (nSPS) is 11.8. The molecule has 1 aromatic heterocycles. The zero-order valence-corrected chi connectivity index (χ0v) is 10.8. The van der Waals surface area contributed by atoms with Crippen LogP contribution in [0.5, 0.6) is 0 Å². The van der Waals surface area contributed by atoms with E-state index in [9.17, 15) is 14.4 Å². The third kappa shape index (κ3) is 4.01. The Morgan fingerprint density at radius 1 is 1.50 bits per heavy atom. The maximum Gasteiger partial charge on any atom is 0.326 e. The summed E-state index contributed by atoms with van der Waals surface area (Å²) >= 11 is 6.86. The van der Waals surface area contributed by atoms with E-state index in [1.54, 1.807) is 11.4 Å². The van der Waals surface area contributed by atoms with E-state index in [4.69, 9.17) is 22.4 Å². The van der Waals surface area contributed by atoms with Crippen molar-refractivity contribution in [3.63, 3.8) is 0 Å². The Balaban J connectivity index is 2.67. The van der Waals surface area contributed by atoms with E-state index in [2.05, 4.69) is 5.32 Å². The summed E-state index contributed by atoms with van der Waals surface area (Å²) in [5, 5.41) is 13.1. The number of thiophene rings is 1. The molecule has 0 aliphatic rings. The molecule has 1 rings (SSSR count). The highest BCUT2D eigenvalue weighted by molar-refractivity contribution is 7.12. The highest BCUT2D eigenvalue weighted by atomic mass is 35.5. The molecule has 4 N–H and O–H groups in total. The number of primary amides is 1. The topological polar surface area (TPSA) is 109 Å². The van der Waals surface area contributed by atoms with Crippen LogP contribution in [-0.2, 0) is 9.59 Å². The Labute approximate surface area is 112 Å². The minimum atomic E-state index is -1.22. The van der Waals surface area contributed by atoms with Crippen LogP contribution >= 0.6 is 22.9 Å². The summed E-state index contributed by atoms with van der Waals surface area (Å²) in [7, 11) is 0. The van der Waals surface area contributed by atoms with Gasteiger partial charge in [0, 0.05) is 6.42 Å². The molecule has 0 unspecified atom stereocenters. The molecule has 98 valence electrons. The number of amides is 2. The van der Waals surface area contributed by atoms with Crippen LogP contribution in [-0.4, -0.2) is 28.9 Å². The molecule has 6 nitrogen and oxygen atoms in total. The van der Waals surface area contributed by atoms with Gasteiger partial charge in [0.1, 0.15) is 10.9 Å². The lowest BCUT2D eigenvalue weighted by molar-refractivity contribution is -0.139. The second kappa shape index (κ2) is 6.36. The molecular formula is C10H11ClN2O4S. The maximum absolute atomic E-state index is 11.7. The van der Waals surface area contributed by atoms with Crippen LogP contribution in [0.15, 0.2) is 11.4 Å². The zero-order valence-electron chi connectivity index (χ0n) is 9.18. The number of carboxylic acid groups (broad SMARTS) is 1. The molecular weight excluding hydrogens is 280 g/mol. The van der Waals surface area contributed by atoms with Crippen molar-refractivity contribution in [1.82, 2.24) is 5.32 Å². The summed E-state index contributed by atoms with van der Waals surface area (Å²) < 4.78 is 0. The molecule has 0 aliphatic heterocycles. The van der Waals surface area contributed by atoms with Gasteiger partial charge in [0.05, 0.1) is 5.02 Å². The van der Waals surface area contributed by atoms with Crippen LogP contribution in [0, 0.1) is 0 Å². The highest BCUT2D eigenvalue weighted by Crippen LogP contribution is 2.21. The first-order valence-corrected chi connectivity index (χ1v) is 6.22. The third-order valence-electron chi connectivity index (χ3n) is 2.11. The summed E-state index contributed by atoms with van der Waals surface area (Å²) in [6.07, 6.45) is -0.172. The largest absolute Gasteiger partial charge is 0.480 e. The number of carboxylic acids is 1. The summed E-state index contributed by atoms with van der Waals surface area (Å²) in [6.45, 7) is 0. The lowest BCUT2D eigenvalue weighted by Crippen LogP contribution is -2.41. The van der Waals surface area contributed by atoms with Gasteiger partial charge >= 0.3 is 5.97 Å². The lowest BCUT2D eigenvalue weighted by atomic mass is 10.1. The SMILES string of the molecule is NC(=O)CC[C@H](NC(=O)c1sccc1Cl)C(=O)O. The van der Waals surface area contributed by atoms with Gasteiger partial charge in [-0.05, 0) is 17.9 Å². The van der Waals surface area contributed by atoms with Crippen molar-refractivity contribution >= 4 is 40.7 Å². The number of aliphatic carboxylic acids is 1. The molecule has 0 aromatic carbocycles. The number of hydrogen-bond acceptors (Lipinski definition) is 4. The van der Waals surface area contributed by atoms with E-state index in [-0.39, 0.29) is 22.7 Å². The molecule has 8 heteroatoms. The molecule has 2 amide bonds. The maximum atomic E-state index is 11.7. The van der Waals surface area contributed by atoms with E-state index in [0.29, 0.717) is 0 Å². The Morgan fingerprint density at radius 2 is 2.17 bits per heavy atom. The zero-order chi connectivity index (χ0) is 13.7. The molecule has 1 aromatic rings. The van der Waals surface area contributed by atoms with Crippen LogP contribution in [0.4, 0.5) is 0 Å². The van der Waals surface area contributed by atoms with E-state index in [1.807, 2.05) is 0 Å². The number of halogens is 1. The van der Waals surface area contributed by atoms with Crippen molar-refractivity contribution in [2.24, 2.45) is 5.73 Å². The molecule has 0 bridgehead atoms. The predicted molar refractivity (Wildman–Crippen MR) is 66.6 cm³/mol. The average Bonchev–Trinajstić information content (AvgIpc) is 2.69. The van der Waals surface area contributed by atoms with Gasteiger partial charge in [-0.15, -0.1) is 11.3 Å². The second-order valence-electron chi connectivity index (χ2n) is 3.47. The number of carbonyl (C=O) groups excluding carboxylic acids is 2. The smallest absolute Gasteiger partial charge is 0.326 e. The molecule has 1 heterocycles. The molecule has 18 heavy (non-hydrogen) atoms. The van der Waals surface area contributed by atoms with Gasteiger partial charge in [-0.3, -0.25) is 9.59 Å². The first kappa shape index (κ1) is 14.5. The lowest BCUT2D eigenvalue weighted by Gasteiger charge is -2.13. The van der Waals surface area contributed by atoms with Crippen LogP contribution in [0.25, 0.3) is 0 Å². The van der Waals surface area contributed by atoms with Gasteiger partial charge < -0.3 is 16.2 Å². The fourth-order valence-electron chi connectivity index (χ4n) is 1.22. The molecule has 0 radical (unpaired) electrons. The van der Waals surface area contributed by atoms with Gasteiger partial charge in [-0.2, -0.15) is 0 Å². The number of hydrogen-bond donors (Lipinski definition) is 3. The van der Waals surface area contributed by atoms with Gasteiger partial charge in [0.2, 0.25) is 5.91 Å². The summed E-state index contributed by atoms with van der Waals surface area (Å²) in [5.74, 6) is -2.42. The third-order valence-corrected chi connectivity index (χ3v) is 3.45. The van der Waals surface area contributed by atoms with Crippen LogP contribution < -0.4 is 11.1 Å². The van der Waals surface area contributed by atoms with Crippen LogP contribution in [0.1, 0.15) is 22.5 Å².